The van der Waals surface area contributed by atoms with Gasteiger partial charge in [-0.2, -0.15) is 0 Å². The van der Waals surface area contributed by atoms with Gasteiger partial charge in [-0.15, -0.1) is 11.8 Å². The molecule has 0 spiro atoms. The summed E-state index contributed by atoms with van der Waals surface area (Å²) in [5.74, 6) is -1.65. The molecule has 1 amide bonds. The number of carbonyl (C=O) groups excluding carboxylic acids is 3. The van der Waals surface area contributed by atoms with Crippen molar-refractivity contribution >= 4 is 40.8 Å². The molecule has 0 unspecified atom stereocenters. The summed E-state index contributed by atoms with van der Waals surface area (Å²) in [6.07, 6.45) is 3.41. The molecule has 0 aliphatic heterocycles. The Bertz CT molecular complexity index is 822. The van der Waals surface area contributed by atoms with E-state index in [0.29, 0.717) is 22.8 Å². The highest BCUT2D eigenvalue weighted by Gasteiger charge is 2.49. The molecular weight excluding hydrogens is 386 g/mol. The Morgan fingerprint density at radius 2 is 1.82 bits per heavy atom. The van der Waals surface area contributed by atoms with Crippen LogP contribution in [0.25, 0.3) is 11.2 Å². The van der Waals surface area contributed by atoms with Crippen molar-refractivity contribution in [3.05, 3.63) is 12.7 Å². The highest BCUT2D eigenvalue weighted by molar-refractivity contribution is 7.99. The lowest BCUT2D eigenvalue weighted by Gasteiger charge is -2.29. The SMILES string of the molecule is CCOC(=O)C(CCCSc1ncnc2nc[nH]c12)(NC(C)=O)C(=O)OCC. The summed E-state index contributed by atoms with van der Waals surface area (Å²) >= 11 is 1.42. The Morgan fingerprint density at radius 1 is 1.14 bits per heavy atom. The van der Waals surface area contributed by atoms with Crippen LogP contribution in [0.3, 0.4) is 0 Å². The molecule has 0 aromatic carbocycles. The molecular formula is C17H23N5O5S. The van der Waals surface area contributed by atoms with Gasteiger partial charge < -0.3 is 19.8 Å². The van der Waals surface area contributed by atoms with Crippen LogP contribution in [-0.2, 0) is 23.9 Å². The molecule has 0 atom stereocenters. The molecule has 0 saturated carbocycles. The van der Waals surface area contributed by atoms with Crippen LogP contribution in [0.4, 0.5) is 0 Å². The largest absolute Gasteiger partial charge is 0.464 e. The predicted molar refractivity (Wildman–Crippen MR) is 101 cm³/mol. The molecule has 10 nitrogen and oxygen atoms in total. The van der Waals surface area contributed by atoms with E-state index in [1.165, 1.54) is 31.3 Å². The molecule has 0 fully saturated rings. The van der Waals surface area contributed by atoms with Crippen molar-refractivity contribution in [2.24, 2.45) is 0 Å². The van der Waals surface area contributed by atoms with Gasteiger partial charge >= 0.3 is 11.9 Å². The van der Waals surface area contributed by atoms with Crippen LogP contribution in [0.2, 0.25) is 0 Å². The normalized spacial score (nSPS) is 11.2. The second-order valence-corrected chi connectivity index (χ2v) is 6.84. The number of nitrogens with zero attached hydrogens (tertiary/aromatic N) is 3. The van der Waals surface area contributed by atoms with Crippen molar-refractivity contribution in [2.75, 3.05) is 19.0 Å². The van der Waals surface area contributed by atoms with E-state index < -0.39 is 23.4 Å². The third-order valence-corrected chi connectivity index (χ3v) is 4.84. The number of aromatic amines is 1. The van der Waals surface area contributed by atoms with Crippen LogP contribution in [0, 0.1) is 0 Å². The summed E-state index contributed by atoms with van der Waals surface area (Å²) in [6, 6.07) is 0. The number of rotatable bonds is 10. The van der Waals surface area contributed by atoms with Crippen LogP contribution in [0.5, 0.6) is 0 Å². The molecule has 0 radical (unpaired) electrons. The lowest BCUT2D eigenvalue weighted by molar-refractivity contribution is -0.168. The zero-order valence-electron chi connectivity index (χ0n) is 16.0. The molecule has 2 heterocycles. The average Bonchev–Trinajstić information content (AvgIpc) is 3.13. The van der Waals surface area contributed by atoms with Crippen molar-refractivity contribution < 1.29 is 23.9 Å². The Hall–Kier alpha value is -2.69. The topological polar surface area (TPSA) is 136 Å². The fraction of sp³-hybridized carbons (Fsp3) is 0.529. The van der Waals surface area contributed by atoms with E-state index in [1.807, 2.05) is 0 Å². The first-order chi connectivity index (χ1) is 13.4. The monoisotopic (exact) mass is 409 g/mol. The van der Waals surface area contributed by atoms with Crippen LogP contribution in [-0.4, -0.2) is 62.3 Å². The zero-order valence-corrected chi connectivity index (χ0v) is 16.8. The fourth-order valence-electron chi connectivity index (χ4n) is 2.62. The summed E-state index contributed by atoms with van der Waals surface area (Å²) < 4.78 is 10.1. The number of imidazole rings is 1. The molecule has 0 bridgehead atoms. The van der Waals surface area contributed by atoms with E-state index in [9.17, 15) is 14.4 Å². The van der Waals surface area contributed by atoms with E-state index >= 15 is 0 Å². The number of amides is 1. The van der Waals surface area contributed by atoms with Gasteiger partial charge in [-0.25, -0.2) is 24.5 Å². The summed E-state index contributed by atoms with van der Waals surface area (Å²) in [5.41, 5.74) is -0.590. The minimum atomic E-state index is -1.87. The molecule has 0 aliphatic rings. The number of nitrogens with one attached hydrogen (secondary N) is 2. The maximum absolute atomic E-state index is 12.5. The molecule has 2 N–H and O–H groups in total. The third kappa shape index (κ3) is 4.97. The molecule has 0 aliphatic carbocycles. The number of carbonyl (C=O) groups is 3. The summed E-state index contributed by atoms with van der Waals surface area (Å²) in [7, 11) is 0. The molecule has 152 valence electrons. The Morgan fingerprint density at radius 3 is 2.43 bits per heavy atom. The number of H-pyrrole nitrogens is 1. The van der Waals surface area contributed by atoms with Crippen LogP contribution < -0.4 is 5.32 Å². The first-order valence-electron chi connectivity index (χ1n) is 8.84. The molecule has 28 heavy (non-hydrogen) atoms. The van der Waals surface area contributed by atoms with Crippen LogP contribution in [0.1, 0.15) is 33.6 Å². The first kappa shape index (κ1) is 21.6. The smallest absolute Gasteiger partial charge is 0.343 e. The number of hydrogen-bond acceptors (Lipinski definition) is 9. The van der Waals surface area contributed by atoms with Gasteiger partial charge in [0.2, 0.25) is 11.4 Å². The van der Waals surface area contributed by atoms with Crippen molar-refractivity contribution in [1.82, 2.24) is 25.3 Å². The van der Waals surface area contributed by atoms with Gasteiger partial charge in [0, 0.05) is 6.92 Å². The third-order valence-electron chi connectivity index (χ3n) is 3.76. The quantitative estimate of drug-likeness (QED) is 0.195. The zero-order chi connectivity index (χ0) is 20.6. The van der Waals surface area contributed by atoms with Crippen molar-refractivity contribution in [2.45, 2.75) is 44.2 Å². The minimum Gasteiger partial charge on any atom is -0.464 e. The van der Waals surface area contributed by atoms with E-state index in [0.717, 1.165) is 5.52 Å². The van der Waals surface area contributed by atoms with Gasteiger partial charge in [-0.05, 0) is 32.4 Å². The van der Waals surface area contributed by atoms with Crippen LogP contribution >= 0.6 is 11.8 Å². The van der Waals surface area contributed by atoms with Gasteiger partial charge in [-0.1, -0.05) is 0 Å². The highest BCUT2D eigenvalue weighted by Crippen LogP contribution is 2.25. The Labute approximate surface area is 166 Å². The van der Waals surface area contributed by atoms with Gasteiger partial charge in [0.05, 0.1) is 19.5 Å². The van der Waals surface area contributed by atoms with Gasteiger partial charge in [0.1, 0.15) is 16.9 Å². The molecule has 2 rings (SSSR count). The lowest BCUT2D eigenvalue weighted by Crippen LogP contribution is -2.61. The second-order valence-electron chi connectivity index (χ2n) is 5.76. The second kappa shape index (κ2) is 10.0. The average molecular weight is 409 g/mol. The maximum Gasteiger partial charge on any atom is 0.343 e. The number of thioether (sulfide) groups is 1. The molecule has 2 aromatic rings. The number of hydrogen-bond donors (Lipinski definition) is 2. The number of ether oxygens (including phenoxy) is 2. The number of aromatic nitrogens is 4. The first-order valence-corrected chi connectivity index (χ1v) is 9.83. The van der Waals surface area contributed by atoms with E-state index in [2.05, 4.69) is 25.3 Å². The van der Waals surface area contributed by atoms with Gasteiger partial charge in [0.15, 0.2) is 5.65 Å². The van der Waals surface area contributed by atoms with Crippen molar-refractivity contribution in [1.29, 1.82) is 0 Å². The number of fused-ring (bicyclic) bond motifs is 1. The van der Waals surface area contributed by atoms with Gasteiger partial charge in [-0.3, -0.25) is 4.79 Å². The summed E-state index contributed by atoms with van der Waals surface area (Å²) in [4.78, 5) is 52.1. The Balaban J connectivity index is 2.12. The van der Waals surface area contributed by atoms with E-state index in [4.69, 9.17) is 9.47 Å². The molecule has 2 aromatic heterocycles. The van der Waals surface area contributed by atoms with E-state index in [1.54, 1.807) is 13.8 Å². The van der Waals surface area contributed by atoms with Gasteiger partial charge in [0.25, 0.3) is 0 Å². The van der Waals surface area contributed by atoms with E-state index in [-0.39, 0.29) is 19.6 Å². The minimum absolute atomic E-state index is 0.0362. The van der Waals surface area contributed by atoms with Crippen molar-refractivity contribution in [3.8, 4) is 0 Å². The Kier molecular flexibility index (Phi) is 7.73. The highest BCUT2D eigenvalue weighted by atomic mass is 32.2. The molecule has 0 saturated heterocycles. The predicted octanol–water partition coefficient (Wildman–Crippen LogP) is 1.23. The lowest BCUT2D eigenvalue weighted by atomic mass is 9.93. The summed E-state index contributed by atoms with van der Waals surface area (Å²) in [6.45, 7) is 4.64. The number of esters is 2. The standard InChI is InChI=1S/C17H23N5O5S/c1-4-26-15(24)17(22-11(3)23,16(25)27-5-2)7-6-8-28-14-12-13(19-9-18-12)20-10-21-14/h9-10H,4-8H2,1-3H3,(H,22,23)(H,18,19,20,21). The molecule has 11 heteroatoms. The fourth-order valence-corrected chi connectivity index (χ4v) is 3.52. The summed E-state index contributed by atoms with van der Waals surface area (Å²) in [5, 5.41) is 3.16. The maximum atomic E-state index is 12.5. The van der Waals surface area contributed by atoms with Crippen LogP contribution in [0.15, 0.2) is 17.7 Å². The van der Waals surface area contributed by atoms with Crippen molar-refractivity contribution in [3.63, 3.8) is 0 Å².